The molecule has 1 fully saturated rings. The number of carbonyl (C=O) groups excluding carboxylic acids is 2. The third-order valence-electron chi connectivity index (χ3n) is 6.05. The Morgan fingerprint density at radius 1 is 1.06 bits per heavy atom. The SMILES string of the molecule is CCOc1ccc(C(NC(=O)C2CC(=O)N(c3ccc4c(c3)OCO4)C2)C(C)C)cc1OCC. The van der Waals surface area contributed by atoms with Gasteiger partial charge in [0.2, 0.25) is 18.6 Å². The zero-order valence-corrected chi connectivity index (χ0v) is 20.1. The number of fused-ring (bicyclic) bond motifs is 1. The number of anilines is 1. The van der Waals surface area contributed by atoms with Crippen LogP contribution in [0.25, 0.3) is 0 Å². The molecule has 8 heteroatoms. The van der Waals surface area contributed by atoms with E-state index in [2.05, 4.69) is 19.2 Å². The van der Waals surface area contributed by atoms with Crippen LogP contribution in [-0.2, 0) is 9.59 Å². The van der Waals surface area contributed by atoms with E-state index in [0.717, 1.165) is 5.56 Å². The molecule has 0 radical (unpaired) electrons. The van der Waals surface area contributed by atoms with Gasteiger partial charge in [0.05, 0.1) is 25.2 Å². The number of ether oxygens (including phenoxy) is 4. The van der Waals surface area contributed by atoms with Gasteiger partial charge in [-0.25, -0.2) is 0 Å². The fourth-order valence-electron chi connectivity index (χ4n) is 4.35. The van der Waals surface area contributed by atoms with Gasteiger partial charge < -0.3 is 29.2 Å². The van der Waals surface area contributed by atoms with Gasteiger partial charge in [-0.1, -0.05) is 19.9 Å². The predicted molar refractivity (Wildman–Crippen MR) is 128 cm³/mol. The molecule has 0 aliphatic carbocycles. The van der Waals surface area contributed by atoms with Gasteiger partial charge in [-0.15, -0.1) is 0 Å². The van der Waals surface area contributed by atoms with Crippen LogP contribution in [-0.4, -0.2) is 38.4 Å². The van der Waals surface area contributed by atoms with Gasteiger partial charge >= 0.3 is 0 Å². The van der Waals surface area contributed by atoms with Crippen molar-refractivity contribution in [2.75, 3.05) is 31.5 Å². The van der Waals surface area contributed by atoms with E-state index in [9.17, 15) is 9.59 Å². The van der Waals surface area contributed by atoms with E-state index >= 15 is 0 Å². The number of nitrogens with one attached hydrogen (secondary N) is 1. The number of nitrogens with zero attached hydrogens (tertiary/aromatic N) is 1. The standard InChI is InChI=1S/C26H32N2O6/c1-5-31-20-9-7-17(11-22(20)32-6-2)25(16(3)4)27-26(30)18-12-24(29)28(14-18)19-8-10-21-23(13-19)34-15-33-21/h7-11,13,16,18,25H,5-6,12,14-15H2,1-4H3,(H,27,30). The normalized spacial score (nSPS) is 17.7. The largest absolute Gasteiger partial charge is 0.490 e. The second kappa shape index (κ2) is 10.2. The summed E-state index contributed by atoms with van der Waals surface area (Å²) in [5, 5.41) is 3.17. The van der Waals surface area contributed by atoms with Gasteiger partial charge in [0, 0.05) is 24.7 Å². The summed E-state index contributed by atoms with van der Waals surface area (Å²) in [7, 11) is 0. The summed E-state index contributed by atoms with van der Waals surface area (Å²) in [5.41, 5.74) is 1.64. The summed E-state index contributed by atoms with van der Waals surface area (Å²) in [6.45, 7) is 9.51. The zero-order chi connectivity index (χ0) is 24.2. The number of amides is 2. The third kappa shape index (κ3) is 4.90. The highest BCUT2D eigenvalue weighted by molar-refractivity contribution is 6.00. The van der Waals surface area contributed by atoms with E-state index in [4.69, 9.17) is 18.9 Å². The molecular weight excluding hydrogens is 436 g/mol. The highest BCUT2D eigenvalue weighted by Crippen LogP contribution is 2.38. The molecule has 2 aromatic carbocycles. The van der Waals surface area contributed by atoms with Gasteiger partial charge in [0.25, 0.3) is 0 Å². The third-order valence-corrected chi connectivity index (χ3v) is 6.05. The van der Waals surface area contributed by atoms with Crippen molar-refractivity contribution in [2.24, 2.45) is 11.8 Å². The molecule has 182 valence electrons. The lowest BCUT2D eigenvalue weighted by Crippen LogP contribution is -2.37. The van der Waals surface area contributed by atoms with Gasteiger partial charge in [-0.05, 0) is 49.6 Å². The minimum atomic E-state index is -0.437. The van der Waals surface area contributed by atoms with E-state index in [1.807, 2.05) is 38.1 Å². The van der Waals surface area contributed by atoms with Crippen molar-refractivity contribution in [3.63, 3.8) is 0 Å². The molecule has 2 amide bonds. The maximum absolute atomic E-state index is 13.2. The maximum Gasteiger partial charge on any atom is 0.231 e. The minimum absolute atomic E-state index is 0.0835. The Bertz CT molecular complexity index is 1050. The van der Waals surface area contributed by atoms with E-state index in [1.54, 1.807) is 17.0 Å². The molecule has 0 aromatic heterocycles. The molecule has 0 bridgehead atoms. The number of hydrogen-bond acceptors (Lipinski definition) is 6. The lowest BCUT2D eigenvalue weighted by atomic mass is 9.94. The van der Waals surface area contributed by atoms with Crippen LogP contribution in [0.1, 0.15) is 45.7 Å². The van der Waals surface area contributed by atoms with Crippen LogP contribution >= 0.6 is 0 Å². The lowest BCUT2D eigenvalue weighted by Gasteiger charge is -2.25. The summed E-state index contributed by atoms with van der Waals surface area (Å²) >= 11 is 0. The van der Waals surface area contributed by atoms with Gasteiger partial charge in [-0.3, -0.25) is 9.59 Å². The van der Waals surface area contributed by atoms with Crippen LogP contribution in [0.2, 0.25) is 0 Å². The molecule has 2 atom stereocenters. The molecule has 2 heterocycles. The molecule has 8 nitrogen and oxygen atoms in total. The summed E-state index contributed by atoms with van der Waals surface area (Å²) < 4.78 is 22.2. The van der Waals surface area contributed by atoms with Crippen LogP contribution in [0.4, 0.5) is 5.69 Å². The van der Waals surface area contributed by atoms with Crippen molar-refractivity contribution in [1.29, 1.82) is 0 Å². The van der Waals surface area contributed by atoms with Crippen molar-refractivity contribution in [3.8, 4) is 23.0 Å². The molecule has 2 unspecified atom stereocenters. The molecule has 0 spiro atoms. The number of hydrogen-bond donors (Lipinski definition) is 1. The molecule has 1 N–H and O–H groups in total. The Labute approximate surface area is 200 Å². The number of benzene rings is 2. The lowest BCUT2D eigenvalue weighted by molar-refractivity contribution is -0.127. The summed E-state index contributed by atoms with van der Waals surface area (Å²) in [6.07, 6.45) is 0.165. The van der Waals surface area contributed by atoms with E-state index < -0.39 is 5.92 Å². The van der Waals surface area contributed by atoms with Crippen LogP contribution in [0, 0.1) is 11.8 Å². The van der Waals surface area contributed by atoms with Crippen molar-refractivity contribution in [1.82, 2.24) is 5.32 Å². The highest BCUT2D eigenvalue weighted by Gasteiger charge is 2.37. The van der Waals surface area contributed by atoms with Gasteiger partial charge in [-0.2, -0.15) is 0 Å². The second-order valence-electron chi connectivity index (χ2n) is 8.75. The van der Waals surface area contributed by atoms with Crippen LogP contribution in [0.3, 0.4) is 0 Å². The molecule has 0 saturated carbocycles. The quantitative estimate of drug-likeness (QED) is 0.597. The average molecular weight is 469 g/mol. The van der Waals surface area contributed by atoms with Crippen molar-refractivity contribution >= 4 is 17.5 Å². The summed E-state index contributed by atoms with van der Waals surface area (Å²) in [6, 6.07) is 10.9. The number of carbonyl (C=O) groups is 2. The highest BCUT2D eigenvalue weighted by atomic mass is 16.7. The fourth-order valence-corrected chi connectivity index (χ4v) is 4.35. The molecule has 2 aliphatic heterocycles. The molecule has 2 aliphatic rings. The monoisotopic (exact) mass is 468 g/mol. The van der Waals surface area contributed by atoms with E-state index in [1.165, 1.54) is 0 Å². The maximum atomic E-state index is 13.2. The topological polar surface area (TPSA) is 86.3 Å². The van der Waals surface area contributed by atoms with Crippen molar-refractivity contribution in [3.05, 3.63) is 42.0 Å². The van der Waals surface area contributed by atoms with E-state index in [0.29, 0.717) is 48.4 Å². The number of rotatable bonds is 9. The summed E-state index contributed by atoms with van der Waals surface area (Å²) in [5.74, 6) is 2.09. The van der Waals surface area contributed by atoms with E-state index in [-0.39, 0.29) is 37.0 Å². The first-order valence-corrected chi connectivity index (χ1v) is 11.8. The Kier molecular flexibility index (Phi) is 7.14. The summed E-state index contributed by atoms with van der Waals surface area (Å²) in [4.78, 5) is 27.6. The molecule has 1 saturated heterocycles. The predicted octanol–water partition coefficient (Wildman–Crippen LogP) is 4.08. The van der Waals surface area contributed by atoms with Crippen molar-refractivity contribution in [2.45, 2.75) is 40.2 Å². The minimum Gasteiger partial charge on any atom is -0.490 e. The Morgan fingerprint density at radius 3 is 2.53 bits per heavy atom. The zero-order valence-electron chi connectivity index (χ0n) is 20.1. The first-order valence-electron chi connectivity index (χ1n) is 11.8. The first-order chi connectivity index (χ1) is 16.4. The molecule has 34 heavy (non-hydrogen) atoms. The molecule has 4 rings (SSSR count). The Hall–Kier alpha value is -3.42. The second-order valence-corrected chi connectivity index (χ2v) is 8.75. The Balaban J connectivity index is 1.48. The fraction of sp³-hybridized carbons (Fsp3) is 0.462. The van der Waals surface area contributed by atoms with Crippen LogP contribution in [0.15, 0.2) is 36.4 Å². The smallest absolute Gasteiger partial charge is 0.231 e. The molecular formula is C26H32N2O6. The molecule has 2 aromatic rings. The average Bonchev–Trinajstić information content (AvgIpc) is 3.44. The van der Waals surface area contributed by atoms with Gasteiger partial charge in [0.1, 0.15) is 0 Å². The van der Waals surface area contributed by atoms with Crippen molar-refractivity contribution < 1.29 is 28.5 Å². The Morgan fingerprint density at radius 2 is 1.79 bits per heavy atom. The van der Waals surface area contributed by atoms with Crippen LogP contribution < -0.4 is 29.2 Å². The van der Waals surface area contributed by atoms with Crippen LogP contribution in [0.5, 0.6) is 23.0 Å². The van der Waals surface area contributed by atoms with Gasteiger partial charge in [0.15, 0.2) is 23.0 Å². The first kappa shape index (κ1) is 23.7.